The molecule has 2 unspecified atom stereocenters. The summed E-state index contributed by atoms with van der Waals surface area (Å²) in [7, 11) is 0. The van der Waals surface area contributed by atoms with Crippen LogP contribution >= 0.6 is 0 Å². The van der Waals surface area contributed by atoms with Gasteiger partial charge in [0.1, 0.15) is 0 Å². The number of β-amino-alcohol motifs (C(OH)–C–C–N with tert-alkyl or cyclic N) is 2. The zero-order chi connectivity index (χ0) is 15.6. The molecule has 2 atom stereocenters. The van der Waals surface area contributed by atoms with E-state index in [1.54, 1.807) is 6.07 Å². The Morgan fingerprint density at radius 1 is 1.24 bits per heavy atom. The number of rotatable bonds is 4. The van der Waals surface area contributed by atoms with Crippen LogP contribution in [0.2, 0.25) is 0 Å². The first-order valence-corrected chi connectivity index (χ1v) is 6.85. The zero-order valence-corrected chi connectivity index (χ0v) is 11.7. The molecule has 0 amide bonds. The summed E-state index contributed by atoms with van der Waals surface area (Å²) in [4.78, 5) is 1.37. The van der Waals surface area contributed by atoms with Crippen LogP contribution in [0.25, 0.3) is 0 Å². The van der Waals surface area contributed by atoms with Crippen molar-refractivity contribution in [1.29, 1.82) is 0 Å². The van der Waals surface area contributed by atoms with Gasteiger partial charge in [-0.1, -0.05) is 13.0 Å². The molecule has 3 N–H and O–H groups in total. The molecule has 7 heteroatoms. The highest BCUT2D eigenvalue weighted by Crippen LogP contribution is 2.38. The van der Waals surface area contributed by atoms with Crippen LogP contribution in [0.3, 0.4) is 0 Å². The first-order valence-electron chi connectivity index (χ1n) is 6.85. The Balaban J connectivity index is 2.32. The minimum Gasteiger partial charge on any atom is -0.389 e. The molecule has 0 aliphatic carbocycles. The maximum atomic E-state index is 13.2. The van der Waals surface area contributed by atoms with E-state index < -0.39 is 23.9 Å². The molecule has 118 valence electrons. The van der Waals surface area contributed by atoms with Gasteiger partial charge in [-0.25, -0.2) is 0 Å². The van der Waals surface area contributed by atoms with Crippen LogP contribution in [0.4, 0.5) is 18.9 Å². The normalized spacial score (nSPS) is 22.9. The molecule has 1 aliphatic heterocycles. The maximum absolute atomic E-state index is 13.2. The molecule has 1 aliphatic rings. The molecule has 1 saturated heterocycles. The number of aliphatic hydroxyl groups excluding tert-OH is 2. The van der Waals surface area contributed by atoms with Crippen molar-refractivity contribution in [2.75, 3.05) is 24.5 Å². The number of hydrogen-bond acceptors (Lipinski definition) is 4. The van der Waals surface area contributed by atoms with Gasteiger partial charge in [0.15, 0.2) is 0 Å². The fourth-order valence-corrected chi connectivity index (χ4v) is 2.43. The molecule has 0 bridgehead atoms. The van der Waals surface area contributed by atoms with Crippen molar-refractivity contribution in [3.05, 3.63) is 29.3 Å². The molecule has 4 nitrogen and oxygen atoms in total. The van der Waals surface area contributed by atoms with Gasteiger partial charge < -0.3 is 20.4 Å². The monoisotopic (exact) mass is 304 g/mol. The summed E-state index contributed by atoms with van der Waals surface area (Å²) in [6, 6.07) is 4.15. The third kappa shape index (κ3) is 3.66. The molecule has 1 aromatic rings. The van der Waals surface area contributed by atoms with Crippen LogP contribution in [0.5, 0.6) is 0 Å². The number of anilines is 1. The summed E-state index contributed by atoms with van der Waals surface area (Å²) < 4.78 is 39.7. The lowest BCUT2D eigenvalue weighted by atomic mass is 10.1. The van der Waals surface area contributed by atoms with Crippen LogP contribution in [0.15, 0.2) is 18.2 Å². The SMILES string of the molecule is CCNCc1ccc(N2CC(O)C(O)C2)c(C(F)(F)F)c1. The number of aliphatic hydroxyl groups is 2. The van der Waals surface area contributed by atoms with Gasteiger partial charge in [0.2, 0.25) is 0 Å². The van der Waals surface area contributed by atoms with Gasteiger partial charge >= 0.3 is 6.18 Å². The summed E-state index contributed by atoms with van der Waals surface area (Å²) in [6.07, 6.45) is -6.52. The second-order valence-electron chi connectivity index (χ2n) is 5.17. The second kappa shape index (κ2) is 6.21. The lowest BCUT2D eigenvalue weighted by molar-refractivity contribution is -0.137. The Morgan fingerprint density at radius 3 is 2.38 bits per heavy atom. The van der Waals surface area contributed by atoms with Gasteiger partial charge in [-0.15, -0.1) is 0 Å². The van der Waals surface area contributed by atoms with E-state index in [2.05, 4.69) is 5.32 Å². The fraction of sp³-hybridized carbons (Fsp3) is 0.571. The van der Waals surface area contributed by atoms with Crippen molar-refractivity contribution in [2.45, 2.75) is 31.9 Å². The number of nitrogens with one attached hydrogen (secondary N) is 1. The number of alkyl halides is 3. The minimum absolute atomic E-state index is 0.00153. The molecule has 2 rings (SSSR count). The zero-order valence-electron chi connectivity index (χ0n) is 11.7. The van der Waals surface area contributed by atoms with Crippen molar-refractivity contribution in [3.8, 4) is 0 Å². The van der Waals surface area contributed by atoms with E-state index in [9.17, 15) is 23.4 Å². The number of halogens is 3. The van der Waals surface area contributed by atoms with E-state index in [-0.39, 0.29) is 18.8 Å². The van der Waals surface area contributed by atoms with E-state index in [1.807, 2.05) is 6.92 Å². The predicted octanol–water partition coefficient (Wildman–Crippen LogP) is 1.36. The van der Waals surface area contributed by atoms with Crippen LogP contribution < -0.4 is 10.2 Å². The highest BCUT2D eigenvalue weighted by Gasteiger charge is 2.38. The maximum Gasteiger partial charge on any atom is 0.418 e. The van der Waals surface area contributed by atoms with E-state index in [4.69, 9.17) is 0 Å². The Bertz CT molecular complexity index is 484. The predicted molar refractivity (Wildman–Crippen MR) is 73.1 cm³/mol. The van der Waals surface area contributed by atoms with Gasteiger partial charge in [0.25, 0.3) is 0 Å². The highest BCUT2D eigenvalue weighted by atomic mass is 19.4. The molecule has 0 spiro atoms. The van der Waals surface area contributed by atoms with Crippen LogP contribution in [-0.2, 0) is 12.7 Å². The van der Waals surface area contributed by atoms with Gasteiger partial charge in [-0.2, -0.15) is 13.2 Å². The van der Waals surface area contributed by atoms with Crippen molar-refractivity contribution in [1.82, 2.24) is 5.32 Å². The minimum atomic E-state index is -4.48. The van der Waals surface area contributed by atoms with E-state index in [0.29, 0.717) is 18.7 Å². The topological polar surface area (TPSA) is 55.7 Å². The molecule has 0 radical (unpaired) electrons. The summed E-state index contributed by atoms with van der Waals surface area (Å²) in [5.41, 5.74) is -0.189. The fourth-order valence-electron chi connectivity index (χ4n) is 2.43. The van der Waals surface area contributed by atoms with Crippen LogP contribution in [-0.4, -0.2) is 42.1 Å². The van der Waals surface area contributed by atoms with E-state index in [1.165, 1.54) is 11.0 Å². The molecule has 0 saturated carbocycles. The van der Waals surface area contributed by atoms with Crippen LogP contribution in [0.1, 0.15) is 18.1 Å². The van der Waals surface area contributed by atoms with Gasteiger partial charge in [0.05, 0.1) is 17.8 Å². The van der Waals surface area contributed by atoms with Gasteiger partial charge in [-0.3, -0.25) is 0 Å². The quantitative estimate of drug-likeness (QED) is 0.786. The average molecular weight is 304 g/mol. The molecule has 21 heavy (non-hydrogen) atoms. The summed E-state index contributed by atoms with van der Waals surface area (Å²) in [5.74, 6) is 0. The largest absolute Gasteiger partial charge is 0.418 e. The lowest BCUT2D eigenvalue weighted by Crippen LogP contribution is -2.25. The van der Waals surface area contributed by atoms with Gasteiger partial charge in [0, 0.05) is 25.3 Å². The third-order valence-electron chi connectivity index (χ3n) is 3.55. The lowest BCUT2D eigenvalue weighted by Gasteiger charge is -2.23. The molecule has 0 aromatic heterocycles. The van der Waals surface area contributed by atoms with Crippen molar-refractivity contribution < 1.29 is 23.4 Å². The van der Waals surface area contributed by atoms with Crippen molar-refractivity contribution in [3.63, 3.8) is 0 Å². The van der Waals surface area contributed by atoms with E-state index in [0.717, 1.165) is 6.07 Å². The van der Waals surface area contributed by atoms with Crippen molar-refractivity contribution in [2.24, 2.45) is 0 Å². The average Bonchev–Trinajstić information content (AvgIpc) is 2.75. The number of nitrogens with zero attached hydrogens (tertiary/aromatic N) is 1. The first-order chi connectivity index (χ1) is 9.82. The Labute approximate surface area is 121 Å². The molecular weight excluding hydrogens is 285 g/mol. The van der Waals surface area contributed by atoms with Gasteiger partial charge in [-0.05, 0) is 24.2 Å². The smallest absolute Gasteiger partial charge is 0.389 e. The number of hydrogen-bond donors (Lipinski definition) is 3. The Morgan fingerprint density at radius 2 is 1.86 bits per heavy atom. The summed E-state index contributed by atoms with van der Waals surface area (Å²) in [5, 5.41) is 22.0. The van der Waals surface area contributed by atoms with Crippen LogP contribution in [0, 0.1) is 0 Å². The Hall–Kier alpha value is -1.31. The standard InChI is InChI=1S/C14H19F3N2O2/c1-2-18-6-9-3-4-11(10(5-9)14(15,16)17)19-7-12(20)13(21)8-19/h3-5,12-13,18,20-21H,2,6-8H2,1H3. The Kier molecular flexibility index (Phi) is 4.75. The summed E-state index contributed by atoms with van der Waals surface area (Å²) in [6.45, 7) is 2.92. The second-order valence-corrected chi connectivity index (χ2v) is 5.17. The van der Waals surface area contributed by atoms with Crippen molar-refractivity contribution >= 4 is 5.69 Å². The summed E-state index contributed by atoms with van der Waals surface area (Å²) >= 11 is 0. The third-order valence-corrected chi connectivity index (χ3v) is 3.55. The van der Waals surface area contributed by atoms with E-state index >= 15 is 0 Å². The number of benzene rings is 1. The molecule has 1 fully saturated rings. The molecule has 1 aromatic carbocycles. The highest BCUT2D eigenvalue weighted by molar-refractivity contribution is 5.57. The molecular formula is C14H19F3N2O2. The molecule has 1 heterocycles. The first kappa shape index (κ1) is 16.1.